The smallest absolute Gasteiger partial charge is 0.168 e. The summed E-state index contributed by atoms with van der Waals surface area (Å²) in [6.45, 7) is 11.6. The molecule has 4 rings (SSSR count). The third kappa shape index (κ3) is 6.00. The van der Waals surface area contributed by atoms with Crippen molar-refractivity contribution in [2.45, 2.75) is 105 Å². The zero-order valence-electron chi connectivity index (χ0n) is 22.8. The monoisotopic (exact) mass is 496 g/mol. The largest absolute Gasteiger partial charge is 0.374 e. The van der Waals surface area contributed by atoms with Gasteiger partial charge in [-0.2, -0.15) is 0 Å². The van der Waals surface area contributed by atoms with Crippen LogP contribution < -0.4 is 0 Å². The summed E-state index contributed by atoms with van der Waals surface area (Å²) in [6, 6.07) is 0. The SMILES string of the molecule is CC1(C)CC(=O)C(=C(CCCCC(=C2C(=O)CC(C)(C)CC2=O)N2CCCC2)N2CCCC2)C(=O)C1. The minimum atomic E-state index is -0.266. The molecule has 6 nitrogen and oxygen atoms in total. The molecule has 0 atom stereocenters. The number of carbonyl (C=O) groups is 4. The standard InChI is InChI=1S/C30H44N2O4/c1-29(2)17-23(33)27(24(34)18-29)21(31-13-7-8-14-31)11-5-6-12-22(32-15-9-10-16-32)28-25(35)19-30(3,4)20-26(28)36/h5-20H2,1-4H3. The van der Waals surface area contributed by atoms with Crippen LogP contribution in [-0.4, -0.2) is 59.1 Å². The molecule has 0 radical (unpaired) electrons. The average molecular weight is 497 g/mol. The number of likely N-dealkylation sites (tertiary alicyclic amines) is 2. The molecule has 2 heterocycles. The van der Waals surface area contributed by atoms with E-state index in [4.69, 9.17) is 0 Å². The minimum Gasteiger partial charge on any atom is -0.374 e. The van der Waals surface area contributed by atoms with Crippen LogP contribution in [0, 0.1) is 10.8 Å². The lowest BCUT2D eigenvalue weighted by Gasteiger charge is -2.33. The molecule has 2 saturated carbocycles. The van der Waals surface area contributed by atoms with Gasteiger partial charge in [0, 0.05) is 63.3 Å². The molecule has 36 heavy (non-hydrogen) atoms. The molecule has 0 amide bonds. The summed E-state index contributed by atoms with van der Waals surface area (Å²) in [5, 5.41) is 0. The Bertz CT molecular complexity index is 864. The van der Waals surface area contributed by atoms with Gasteiger partial charge in [0.15, 0.2) is 23.1 Å². The first-order chi connectivity index (χ1) is 17.0. The van der Waals surface area contributed by atoms with Crippen LogP contribution in [0.25, 0.3) is 0 Å². The van der Waals surface area contributed by atoms with Gasteiger partial charge in [-0.1, -0.05) is 27.7 Å². The van der Waals surface area contributed by atoms with Crippen LogP contribution in [0.5, 0.6) is 0 Å². The predicted molar refractivity (Wildman–Crippen MR) is 140 cm³/mol. The lowest BCUT2D eigenvalue weighted by atomic mass is 9.73. The van der Waals surface area contributed by atoms with Gasteiger partial charge in [0.25, 0.3) is 0 Å². The molecule has 0 unspecified atom stereocenters. The van der Waals surface area contributed by atoms with Crippen molar-refractivity contribution in [3.8, 4) is 0 Å². The topological polar surface area (TPSA) is 74.8 Å². The molecule has 4 fully saturated rings. The molecule has 4 aliphatic rings. The van der Waals surface area contributed by atoms with E-state index in [0.29, 0.717) is 49.7 Å². The Labute approximate surface area is 216 Å². The lowest BCUT2D eigenvalue weighted by Crippen LogP contribution is -2.35. The number of hydrogen-bond donors (Lipinski definition) is 0. The molecule has 198 valence electrons. The summed E-state index contributed by atoms with van der Waals surface area (Å²) in [7, 11) is 0. The maximum atomic E-state index is 13.1. The maximum Gasteiger partial charge on any atom is 0.168 e. The second-order valence-electron chi connectivity index (χ2n) is 13.0. The highest BCUT2D eigenvalue weighted by molar-refractivity contribution is 6.23. The van der Waals surface area contributed by atoms with Crippen molar-refractivity contribution >= 4 is 23.1 Å². The van der Waals surface area contributed by atoms with E-state index in [1.165, 1.54) is 0 Å². The van der Waals surface area contributed by atoms with Crippen LogP contribution in [0.2, 0.25) is 0 Å². The van der Waals surface area contributed by atoms with E-state index in [2.05, 4.69) is 9.80 Å². The number of ketones is 4. The van der Waals surface area contributed by atoms with Crippen LogP contribution in [-0.2, 0) is 19.2 Å². The third-order valence-corrected chi connectivity index (χ3v) is 8.30. The van der Waals surface area contributed by atoms with Crippen LogP contribution >= 0.6 is 0 Å². The molecule has 6 heteroatoms. The van der Waals surface area contributed by atoms with E-state index in [-0.39, 0.29) is 34.0 Å². The highest BCUT2D eigenvalue weighted by Crippen LogP contribution is 2.38. The number of allylic oxidation sites excluding steroid dienone is 4. The van der Waals surface area contributed by atoms with Gasteiger partial charge in [0.05, 0.1) is 11.1 Å². The molecule has 0 bridgehead atoms. The summed E-state index contributed by atoms with van der Waals surface area (Å²) in [5.74, 6) is -0.00356. The predicted octanol–water partition coefficient (Wildman–Crippen LogP) is 5.16. The van der Waals surface area contributed by atoms with E-state index in [0.717, 1.165) is 76.1 Å². The number of unbranched alkanes of at least 4 members (excludes halogenated alkanes) is 1. The van der Waals surface area contributed by atoms with Gasteiger partial charge >= 0.3 is 0 Å². The average Bonchev–Trinajstić information content (AvgIpc) is 3.45. The van der Waals surface area contributed by atoms with Gasteiger partial charge < -0.3 is 9.80 Å². The molecule has 2 aliphatic carbocycles. The molecule has 2 aliphatic heterocycles. The number of Topliss-reactive ketones (excluding diaryl/α,β-unsaturated/α-hetero) is 4. The lowest BCUT2D eigenvalue weighted by molar-refractivity contribution is -0.129. The zero-order chi connectivity index (χ0) is 26.1. The number of carbonyl (C=O) groups excluding carboxylic acids is 4. The molecule has 0 aromatic rings. The van der Waals surface area contributed by atoms with E-state index in [1.807, 2.05) is 27.7 Å². The van der Waals surface area contributed by atoms with Crippen molar-refractivity contribution < 1.29 is 19.2 Å². The van der Waals surface area contributed by atoms with Gasteiger partial charge in [0.2, 0.25) is 0 Å². The fourth-order valence-corrected chi connectivity index (χ4v) is 6.61. The number of nitrogens with zero attached hydrogens (tertiary/aromatic N) is 2. The van der Waals surface area contributed by atoms with Crippen molar-refractivity contribution in [3.63, 3.8) is 0 Å². The van der Waals surface area contributed by atoms with Crippen molar-refractivity contribution in [3.05, 3.63) is 22.5 Å². The van der Waals surface area contributed by atoms with Gasteiger partial charge in [-0.05, 0) is 62.2 Å². The summed E-state index contributed by atoms with van der Waals surface area (Å²) in [6.07, 6.45) is 9.15. The number of hydrogen-bond acceptors (Lipinski definition) is 6. The Kier molecular flexibility index (Phi) is 7.92. The minimum absolute atomic E-state index is 0.000891. The zero-order valence-corrected chi connectivity index (χ0v) is 22.8. The first-order valence-electron chi connectivity index (χ1n) is 14.1. The Balaban J connectivity index is 1.51. The van der Waals surface area contributed by atoms with Crippen LogP contribution in [0.3, 0.4) is 0 Å². The van der Waals surface area contributed by atoms with Gasteiger partial charge in [-0.15, -0.1) is 0 Å². The molecular formula is C30H44N2O4. The molecular weight excluding hydrogens is 452 g/mol. The Morgan fingerprint density at radius 3 is 1.11 bits per heavy atom. The highest BCUT2D eigenvalue weighted by Gasteiger charge is 2.40. The van der Waals surface area contributed by atoms with Crippen molar-refractivity contribution in [2.75, 3.05) is 26.2 Å². The van der Waals surface area contributed by atoms with E-state index in [9.17, 15) is 19.2 Å². The number of rotatable bonds is 7. The van der Waals surface area contributed by atoms with Crippen LogP contribution in [0.15, 0.2) is 22.5 Å². The molecule has 0 N–H and O–H groups in total. The van der Waals surface area contributed by atoms with Gasteiger partial charge in [-0.25, -0.2) is 0 Å². The van der Waals surface area contributed by atoms with E-state index in [1.54, 1.807) is 0 Å². The second-order valence-corrected chi connectivity index (χ2v) is 13.0. The van der Waals surface area contributed by atoms with Crippen LogP contribution in [0.4, 0.5) is 0 Å². The Morgan fingerprint density at radius 1 is 0.556 bits per heavy atom. The van der Waals surface area contributed by atoms with Crippen molar-refractivity contribution in [1.82, 2.24) is 9.80 Å². The summed E-state index contributed by atoms with van der Waals surface area (Å²) in [5.41, 5.74) is 2.26. The van der Waals surface area contributed by atoms with Crippen molar-refractivity contribution in [2.24, 2.45) is 10.8 Å². The van der Waals surface area contributed by atoms with Gasteiger partial charge in [0.1, 0.15) is 0 Å². The summed E-state index contributed by atoms with van der Waals surface area (Å²) in [4.78, 5) is 56.8. The first-order valence-corrected chi connectivity index (χ1v) is 14.1. The fourth-order valence-electron chi connectivity index (χ4n) is 6.61. The highest BCUT2D eigenvalue weighted by atomic mass is 16.2. The van der Waals surface area contributed by atoms with Crippen molar-refractivity contribution in [1.29, 1.82) is 0 Å². The Morgan fingerprint density at radius 2 is 0.833 bits per heavy atom. The summed E-state index contributed by atoms with van der Waals surface area (Å²) >= 11 is 0. The second kappa shape index (κ2) is 10.6. The molecule has 0 spiro atoms. The summed E-state index contributed by atoms with van der Waals surface area (Å²) < 4.78 is 0. The molecule has 0 aromatic carbocycles. The first kappa shape index (κ1) is 26.8. The maximum absolute atomic E-state index is 13.1. The van der Waals surface area contributed by atoms with E-state index < -0.39 is 0 Å². The normalized spacial score (nSPS) is 24.2. The Hall–Kier alpha value is -2.24. The third-order valence-electron chi connectivity index (χ3n) is 8.30. The molecule has 2 saturated heterocycles. The fraction of sp³-hybridized carbons (Fsp3) is 0.733. The quantitative estimate of drug-likeness (QED) is 0.275. The van der Waals surface area contributed by atoms with Crippen LogP contribution in [0.1, 0.15) is 105 Å². The molecule has 0 aromatic heterocycles. The van der Waals surface area contributed by atoms with E-state index >= 15 is 0 Å². The van der Waals surface area contributed by atoms with Gasteiger partial charge in [-0.3, -0.25) is 19.2 Å².